The van der Waals surface area contributed by atoms with Crippen molar-refractivity contribution in [1.82, 2.24) is 10.2 Å². The van der Waals surface area contributed by atoms with Crippen molar-refractivity contribution in [3.05, 3.63) is 71.6 Å². The number of thioether (sulfide) groups is 1. The Kier molecular flexibility index (Phi) is 5.42. The summed E-state index contributed by atoms with van der Waals surface area (Å²) in [6.07, 6.45) is 0. The van der Waals surface area contributed by atoms with Crippen LogP contribution in [0.25, 0.3) is 0 Å². The van der Waals surface area contributed by atoms with Crippen LogP contribution in [0.15, 0.2) is 64.2 Å². The Morgan fingerprint density at radius 3 is 2.38 bits per heavy atom. The number of para-hydroxylation sites is 1. The van der Waals surface area contributed by atoms with E-state index < -0.39 is 0 Å². The van der Waals surface area contributed by atoms with E-state index in [0.29, 0.717) is 11.5 Å². The van der Waals surface area contributed by atoms with Gasteiger partial charge in [-0.05, 0) is 23.1 Å². The summed E-state index contributed by atoms with van der Waals surface area (Å²) in [5.74, 6) is 1.04. The monoisotopic (exact) mass is 368 g/mol. The van der Waals surface area contributed by atoms with E-state index in [-0.39, 0.29) is 22.4 Å². The molecule has 6 heteroatoms. The van der Waals surface area contributed by atoms with Gasteiger partial charge in [-0.25, -0.2) is 0 Å². The lowest BCUT2D eigenvalue weighted by Crippen LogP contribution is -2.11. The molecule has 0 amide bonds. The van der Waals surface area contributed by atoms with E-state index in [2.05, 4.69) is 31.0 Å². The molecule has 0 aliphatic carbocycles. The summed E-state index contributed by atoms with van der Waals surface area (Å²) in [7, 11) is 0. The van der Waals surface area contributed by atoms with Crippen LogP contribution in [-0.4, -0.2) is 15.3 Å². The highest BCUT2D eigenvalue weighted by molar-refractivity contribution is 8.14. The Labute approximate surface area is 156 Å². The third-order valence-electron chi connectivity index (χ3n) is 3.72. The molecular formula is C20H20N2O3S. The first kappa shape index (κ1) is 18.2. The zero-order valence-corrected chi connectivity index (χ0v) is 15.7. The summed E-state index contributed by atoms with van der Waals surface area (Å²) in [5.41, 5.74) is 1.83. The first-order chi connectivity index (χ1) is 12.4. The van der Waals surface area contributed by atoms with Crippen LogP contribution in [-0.2, 0) is 12.0 Å². The summed E-state index contributed by atoms with van der Waals surface area (Å²) in [6.45, 7) is 6.56. The van der Waals surface area contributed by atoms with Crippen molar-refractivity contribution < 1.29 is 13.9 Å². The fourth-order valence-electron chi connectivity index (χ4n) is 2.24. The van der Waals surface area contributed by atoms with Crippen LogP contribution in [0.3, 0.4) is 0 Å². The summed E-state index contributed by atoms with van der Waals surface area (Å²) in [5, 5.41) is 7.88. The molecule has 134 valence electrons. The van der Waals surface area contributed by atoms with Crippen molar-refractivity contribution in [3.63, 3.8) is 0 Å². The summed E-state index contributed by atoms with van der Waals surface area (Å²) in [6, 6.07) is 17.0. The molecule has 0 radical (unpaired) electrons. The Morgan fingerprint density at radius 2 is 1.73 bits per heavy atom. The number of ether oxygens (including phenoxy) is 1. The summed E-state index contributed by atoms with van der Waals surface area (Å²) >= 11 is 0.918. The van der Waals surface area contributed by atoms with Gasteiger partial charge in [0, 0.05) is 17.3 Å². The number of nitrogens with zero attached hydrogens (tertiary/aromatic N) is 2. The number of rotatable bonds is 5. The Hall–Kier alpha value is -2.60. The van der Waals surface area contributed by atoms with Gasteiger partial charge in [-0.15, -0.1) is 10.2 Å². The Morgan fingerprint density at radius 1 is 1.04 bits per heavy atom. The Balaban J connectivity index is 1.59. The van der Waals surface area contributed by atoms with Crippen LogP contribution >= 0.6 is 11.8 Å². The zero-order chi connectivity index (χ0) is 18.6. The lowest BCUT2D eigenvalue weighted by atomic mass is 9.87. The minimum absolute atomic E-state index is 0.0505. The molecule has 0 bridgehead atoms. The molecule has 3 aromatic rings. The van der Waals surface area contributed by atoms with Gasteiger partial charge >= 0.3 is 0 Å². The smallest absolute Gasteiger partial charge is 0.284 e. The number of carbonyl (C=O) groups excluding carboxylic acids is 1. The van der Waals surface area contributed by atoms with E-state index in [1.807, 2.05) is 54.6 Å². The molecule has 2 aromatic carbocycles. The number of benzene rings is 2. The molecule has 0 aliphatic rings. The van der Waals surface area contributed by atoms with Gasteiger partial charge in [-0.3, -0.25) is 4.79 Å². The van der Waals surface area contributed by atoms with Crippen LogP contribution in [0.2, 0.25) is 0 Å². The van der Waals surface area contributed by atoms with Crippen LogP contribution < -0.4 is 4.74 Å². The second-order valence-corrected chi connectivity index (χ2v) is 7.70. The predicted molar refractivity (Wildman–Crippen MR) is 100 cm³/mol. The van der Waals surface area contributed by atoms with Gasteiger partial charge in [-0.1, -0.05) is 63.2 Å². The topological polar surface area (TPSA) is 65.2 Å². The van der Waals surface area contributed by atoms with E-state index in [1.54, 1.807) is 0 Å². The van der Waals surface area contributed by atoms with E-state index >= 15 is 0 Å². The van der Waals surface area contributed by atoms with Gasteiger partial charge in [0.2, 0.25) is 5.12 Å². The predicted octanol–water partition coefficient (Wildman–Crippen LogP) is 4.88. The highest BCUT2D eigenvalue weighted by Crippen LogP contribution is 2.25. The molecule has 1 heterocycles. The molecule has 0 unspecified atom stereocenters. The van der Waals surface area contributed by atoms with E-state index in [4.69, 9.17) is 9.15 Å². The molecule has 26 heavy (non-hydrogen) atoms. The molecular weight excluding hydrogens is 348 g/mol. The molecule has 5 nitrogen and oxygen atoms in total. The largest absolute Gasteiger partial charge is 0.484 e. The van der Waals surface area contributed by atoms with E-state index in [0.717, 1.165) is 17.5 Å². The molecule has 0 fully saturated rings. The fourth-order valence-corrected chi connectivity index (χ4v) is 2.88. The van der Waals surface area contributed by atoms with Crippen molar-refractivity contribution in [1.29, 1.82) is 0 Å². The van der Waals surface area contributed by atoms with Crippen molar-refractivity contribution in [2.75, 3.05) is 0 Å². The molecule has 0 atom stereocenters. The quantitative estimate of drug-likeness (QED) is 0.598. The lowest BCUT2D eigenvalue weighted by Gasteiger charge is -2.18. The maximum absolute atomic E-state index is 12.4. The average Bonchev–Trinajstić information content (AvgIpc) is 3.07. The fraction of sp³-hybridized carbons (Fsp3) is 0.250. The van der Waals surface area contributed by atoms with Gasteiger partial charge in [0.15, 0.2) is 6.61 Å². The molecule has 3 rings (SSSR count). The molecule has 0 aliphatic heterocycles. The maximum atomic E-state index is 12.4. The van der Waals surface area contributed by atoms with E-state index in [9.17, 15) is 4.79 Å². The maximum Gasteiger partial charge on any atom is 0.284 e. The second-order valence-electron chi connectivity index (χ2n) is 6.78. The SMILES string of the molecule is CC(C)(C)c1ccc(C(=O)Sc2nnc(COc3ccccc3)o2)cc1. The van der Waals surface area contributed by atoms with Gasteiger partial charge in [-0.2, -0.15) is 0 Å². The van der Waals surface area contributed by atoms with Gasteiger partial charge in [0.05, 0.1) is 0 Å². The minimum Gasteiger partial charge on any atom is -0.484 e. The third kappa shape index (κ3) is 4.73. The number of hydrogen-bond acceptors (Lipinski definition) is 6. The molecule has 0 N–H and O–H groups in total. The number of hydrogen-bond donors (Lipinski definition) is 0. The third-order valence-corrected chi connectivity index (χ3v) is 4.48. The highest BCUT2D eigenvalue weighted by atomic mass is 32.2. The standard InChI is InChI=1S/C20H20N2O3S/c1-20(2,3)15-11-9-14(10-12-15)18(23)26-19-22-21-17(25-19)13-24-16-7-5-4-6-8-16/h4-12H,13H2,1-3H3. The highest BCUT2D eigenvalue weighted by Gasteiger charge is 2.17. The van der Waals surface area contributed by atoms with Crippen molar-refractivity contribution in [3.8, 4) is 5.75 Å². The van der Waals surface area contributed by atoms with Crippen LogP contribution in [0.5, 0.6) is 5.75 Å². The second kappa shape index (κ2) is 7.74. The van der Waals surface area contributed by atoms with Crippen LogP contribution in [0.4, 0.5) is 0 Å². The summed E-state index contributed by atoms with van der Waals surface area (Å²) < 4.78 is 11.0. The van der Waals surface area contributed by atoms with Gasteiger partial charge in [0.25, 0.3) is 11.1 Å². The first-order valence-electron chi connectivity index (χ1n) is 8.25. The molecule has 0 saturated heterocycles. The van der Waals surface area contributed by atoms with Gasteiger partial charge in [0.1, 0.15) is 5.75 Å². The van der Waals surface area contributed by atoms with E-state index in [1.165, 1.54) is 5.56 Å². The van der Waals surface area contributed by atoms with Crippen molar-refractivity contribution in [2.24, 2.45) is 0 Å². The zero-order valence-electron chi connectivity index (χ0n) is 14.9. The molecule has 1 aromatic heterocycles. The number of aromatic nitrogens is 2. The molecule has 0 saturated carbocycles. The summed E-state index contributed by atoms with van der Waals surface area (Å²) in [4.78, 5) is 12.4. The van der Waals surface area contributed by atoms with Crippen molar-refractivity contribution >= 4 is 16.9 Å². The van der Waals surface area contributed by atoms with Crippen LogP contribution in [0, 0.1) is 0 Å². The average molecular weight is 368 g/mol. The Bertz CT molecular complexity index is 868. The van der Waals surface area contributed by atoms with Gasteiger partial charge < -0.3 is 9.15 Å². The van der Waals surface area contributed by atoms with Crippen LogP contribution in [0.1, 0.15) is 42.6 Å². The first-order valence-corrected chi connectivity index (χ1v) is 9.06. The number of carbonyl (C=O) groups is 1. The molecule has 0 spiro atoms. The normalized spacial score (nSPS) is 11.3. The minimum atomic E-state index is -0.135. The lowest BCUT2D eigenvalue weighted by molar-refractivity contribution is 0.108. The van der Waals surface area contributed by atoms with Crippen molar-refractivity contribution in [2.45, 2.75) is 38.0 Å².